The fraction of sp³-hybridized carbons (Fsp3) is 0.167. The van der Waals surface area contributed by atoms with E-state index in [0.717, 1.165) is 22.4 Å². The summed E-state index contributed by atoms with van der Waals surface area (Å²) in [4.78, 5) is 31.8. The molecule has 0 fully saturated rings. The number of aromatic nitrogens is 1. The zero-order valence-electron chi connectivity index (χ0n) is 20.6. The summed E-state index contributed by atoms with van der Waals surface area (Å²) >= 11 is 1.32. The fourth-order valence-corrected chi connectivity index (χ4v) is 5.39. The minimum Gasteiger partial charge on any atom is -0.489 e. The van der Waals surface area contributed by atoms with Crippen molar-refractivity contribution in [3.8, 4) is 5.75 Å². The number of thiazole rings is 1. The minimum atomic E-state index is -0.601. The van der Waals surface area contributed by atoms with Crippen LogP contribution in [0.15, 0.2) is 106 Å². The van der Waals surface area contributed by atoms with Crippen molar-refractivity contribution in [2.24, 2.45) is 4.99 Å². The number of hydrogen-bond acceptors (Lipinski definition) is 6. The molecule has 5 rings (SSSR count). The maximum Gasteiger partial charge on any atom is 0.338 e. The molecule has 7 heteroatoms. The number of methoxy groups -OCH3 is 1. The number of esters is 1. The van der Waals surface area contributed by atoms with Gasteiger partial charge in [-0.25, -0.2) is 9.79 Å². The SMILES string of the molecule is CCC1=C(C(=O)OC)[C@@H](c2ccccc2)n2c(s/c(=C\c3ccc(OCc4ccccc4)cc3)c2=O)=N1. The van der Waals surface area contributed by atoms with Crippen LogP contribution in [0.25, 0.3) is 6.08 Å². The van der Waals surface area contributed by atoms with Crippen LogP contribution in [0.4, 0.5) is 0 Å². The highest BCUT2D eigenvalue weighted by atomic mass is 32.1. The van der Waals surface area contributed by atoms with Crippen molar-refractivity contribution in [1.29, 1.82) is 0 Å². The highest BCUT2D eigenvalue weighted by Gasteiger charge is 2.33. The minimum absolute atomic E-state index is 0.196. The predicted octanol–water partition coefficient (Wildman–Crippen LogP) is 4.38. The number of carbonyl (C=O) groups excluding carboxylic acids is 1. The third kappa shape index (κ3) is 5.04. The van der Waals surface area contributed by atoms with Gasteiger partial charge in [0.2, 0.25) is 0 Å². The van der Waals surface area contributed by atoms with Crippen molar-refractivity contribution in [3.63, 3.8) is 0 Å². The van der Waals surface area contributed by atoms with Gasteiger partial charge in [0.1, 0.15) is 12.4 Å². The van der Waals surface area contributed by atoms with Crippen LogP contribution < -0.4 is 19.6 Å². The number of hydrogen-bond donors (Lipinski definition) is 0. The van der Waals surface area contributed by atoms with E-state index in [-0.39, 0.29) is 5.56 Å². The Balaban J connectivity index is 1.52. The van der Waals surface area contributed by atoms with Crippen molar-refractivity contribution in [2.75, 3.05) is 7.11 Å². The molecule has 0 amide bonds. The van der Waals surface area contributed by atoms with Gasteiger partial charge in [-0.3, -0.25) is 9.36 Å². The number of allylic oxidation sites excluding steroid dienone is 1. The maximum absolute atomic E-state index is 13.7. The smallest absolute Gasteiger partial charge is 0.338 e. The summed E-state index contributed by atoms with van der Waals surface area (Å²) in [5.41, 5.74) is 3.63. The van der Waals surface area contributed by atoms with Crippen molar-refractivity contribution in [2.45, 2.75) is 26.0 Å². The zero-order valence-corrected chi connectivity index (χ0v) is 21.4. The molecule has 186 valence electrons. The van der Waals surface area contributed by atoms with Crippen molar-refractivity contribution in [3.05, 3.63) is 133 Å². The quantitative estimate of drug-likeness (QED) is 0.346. The van der Waals surface area contributed by atoms with E-state index in [1.54, 1.807) is 4.57 Å². The van der Waals surface area contributed by atoms with Gasteiger partial charge in [0.05, 0.1) is 29.0 Å². The molecule has 6 nitrogen and oxygen atoms in total. The van der Waals surface area contributed by atoms with Gasteiger partial charge in [-0.05, 0) is 41.3 Å². The van der Waals surface area contributed by atoms with E-state index in [0.29, 0.717) is 33.6 Å². The molecule has 3 aromatic carbocycles. The van der Waals surface area contributed by atoms with E-state index in [4.69, 9.17) is 14.5 Å². The summed E-state index contributed by atoms with van der Waals surface area (Å²) in [6.45, 7) is 2.43. The van der Waals surface area contributed by atoms with Crippen molar-refractivity contribution in [1.82, 2.24) is 4.57 Å². The molecule has 0 saturated carbocycles. The van der Waals surface area contributed by atoms with Crippen LogP contribution in [0, 0.1) is 0 Å². The van der Waals surface area contributed by atoms with Crippen LogP contribution in [0.1, 0.15) is 36.1 Å². The molecule has 0 bridgehead atoms. The van der Waals surface area contributed by atoms with Crippen LogP contribution in [-0.2, 0) is 16.1 Å². The number of ether oxygens (including phenoxy) is 2. The summed E-state index contributed by atoms with van der Waals surface area (Å²) in [6.07, 6.45) is 2.39. The molecule has 0 radical (unpaired) electrons. The Morgan fingerprint density at radius 1 is 1.00 bits per heavy atom. The second kappa shape index (κ2) is 10.8. The number of fused-ring (bicyclic) bond motifs is 1. The Labute approximate surface area is 218 Å². The number of rotatable bonds is 7. The maximum atomic E-state index is 13.7. The average Bonchev–Trinajstić information content (AvgIpc) is 3.26. The van der Waals surface area contributed by atoms with Gasteiger partial charge in [0.25, 0.3) is 5.56 Å². The molecule has 0 N–H and O–H groups in total. The second-order valence-electron chi connectivity index (χ2n) is 8.54. The van der Waals surface area contributed by atoms with E-state index < -0.39 is 12.0 Å². The molecular formula is C30H26N2O4S. The predicted molar refractivity (Wildman–Crippen MR) is 144 cm³/mol. The first-order chi connectivity index (χ1) is 18.1. The molecule has 0 unspecified atom stereocenters. The van der Waals surface area contributed by atoms with Gasteiger partial charge in [-0.15, -0.1) is 0 Å². The third-order valence-electron chi connectivity index (χ3n) is 6.19. The highest BCUT2D eigenvalue weighted by Crippen LogP contribution is 2.31. The second-order valence-corrected chi connectivity index (χ2v) is 9.55. The first-order valence-electron chi connectivity index (χ1n) is 12.0. The summed E-state index contributed by atoms with van der Waals surface area (Å²) in [5.74, 6) is 0.275. The summed E-state index contributed by atoms with van der Waals surface area (Å²) in [5, 5.41) is 0. The van der Waals surface area contributed by atoms with E-state index in [9.17, 15) is 9.59 Å². The van der Waals surface area contributed by atoms with E-state index in [2.05, 4.69) is 0 Å². The number of benzene rings is 3. The van der Waals surface area contributed by atoms with Gasteiger partial charge in [0, 0.05) is 0 Å². The van der Waals surface area contributed by atoms with Crippen LogP contribution >= 0.6 is 11.3 Å². The monoisotopic (exact) mass is 510 g/mol. The molecule has 37 heavy (non-hydrogen) atoms. The number of nitrogens with zero attached hydrogens (tertiary/aromatic N) is 2. The standard InChI is InChI=1S/C30H26N2O4S/c1-3-24-26(29(34)35-2)27(22-12-8-5-9-13-22)32-28(33)25(37-30(32)31-24)18-20-14-16-23(17-15-20)36-19-21-10-6-4-7-11-21/h4-18,27H,3,19H2,1-2H3/b25-18-/t27-/m1/s1. The van der Waals surface area contributed by atoms with E-state index in [1.165, 1.54) is 18.4 Å². The van der Waals surface area contributed by atoms with Crippen LogP contribution in [0.2, 0.25) is 0 Å². The molecule has 0 spiro atoms. The molecule has 1 atom stereocenters. The molecule has 1 aliphatic heterocycles. The first-order valence-corrected chi connectivity index (χ1v) is 12.9. The van der Waals surface area contributed by atoms with Gasteiger partial charge in [-0.1, -0.05) is 91.1 Å². The lowest BCUT2D eigenvalue weighted by atomic mass is 9.95. The van der Waals surface area contributed by atoms with Crippen molar-refractivity contribution < 1.29 is 14.3 Å². The van der Waals surface area contributed by atoms with E-state index >= 15 is 0 Å². The van der Waals surface area contributed by atoms with E-state index in [1.807, 2.05) is 97.9 Å². The molecule has 1 aromatic heterocycles. The zero-order chi connectivity index (χ0) is 25.8. The van der Waals surface area contributed by atoms with Gasteiger partial charge in [0.15, 0.2) is 4.80 Å². The Bertz CT molecular complexity index is 1620. The Morgan fingerprint density at radius 2 is 1.68 bits per heavy atom. The lowest BCUT2D eigenvalue weighted by Crippen LogP contribution is -2.40. The first kappa shape index (κ1) is 24.5. The van der Waals surface area contributed by atoms with Gasteiger partial charge < -0.3 is 9.47 Å². The number of carbonyl (C=O) groups is 1. The molecular weight excluding hydrogens is 484 g/mol. The third-order valence-corrected chi connectivity index (χ3v) is 7.17. The molecule has 4 aromatic rings. The molecule has 0 saturated heterocycles. The molecule has 2 heterocycles. The molecule has 0 aliphatic carbocycles. The summed E-state index contributed by atoms with van der Waals surface area (Å²) in [7, 11) is 1.35. The topological polar surface area (TPSA) is 69.9 Å². The largest absolute Gasteiger partial charge is 0.489 e. The van der Waals surface area contributed by atoms with Gasteiger partial charge >= 0.3 is 5.97 Å². The Morgan fingerprint density at radius 3 is 2.32 bits per heavy atom. The lowest BCUT2D eigenvalue weighted by molar-refractivity contribution is -0.136. The van der Waals surface area contributed by atoms with Crippen LogP contribution in [0.5, 0.6) is 5.75 Å². The Kier molecular flexibility index (Phi) is 7.14. The lowest BCUT2D eigenvalue weighted by Gasteiger charge is -2.25. The Hall–Kier alpha value is -4.23. The van der Waals surface area contributed by atoms with Crippen molar-refractivity contribution >= 4 is 23.4 Å². The molecule has 1 aliphatic rings. The van der Waals surface area contributed by atoms with Crippen LogP contribution in [-0.4, -0.2) is 17.6 Å². The summed E-state index contributed by atoms with van der Waals surface area (Å²) in [6, 6.07) is 26.5. The van der Waals surface area contributed by atoms with Gasteiger partial charge in [-0.2, -0.15) is 0 Å². The normalized spacial score (nSPS) is 15.2. The summed E-state index contributed by atoms with van der Waals surface area (Å²) < 4.78 is 13.1. The van der Waals surface area contributed by atoms with Crippen LogP contribution in [0.3, 0.4) is 0 Å². The highest BCUT2D eigenvalue weighted by molar-refractivity contribution is 7.07. The fourth-order valence-electron chi connectivity index (χ4n) is 4.37. The average molecular weight is 511 g/mol.